The molecular formula is C21H17ClF3N3O2. The Labute approximate surface area is 175 Å². The van der Waals surface area contributed by atoms with Crippen molar-refractivity contribution in [1.82, 2.24) is 4.98 Å². The largest absolute Gasteiger partial charge is 0.497 e. The summed E-state index contributed by atoms with van der Waals surface area (Å²) in [5, 5.41) is 4.51. The van der Waals surface area contributed by atoms with E-state index < -0.39 is 22.8 Å². The highest BCUT2D eigenvalue weighted by Crippen LogP contribution is 2.36. The van der Waals surface area contributed by atoms with E-state index in [4.69, 9.17) is 16.3 Å². The molecular weight excluding hydrogens is 419 g/mol. The molecule has 3 aromatic rings. The number of alkyl halides is 3. The fraction of sp³-hybridized carbons (Fsp3) is 0.143. The number of nitrogens with one attached hydrogen (secondary N) is 2. The molecule has 5 nitrogen and oxygen atoms in total. The molecule has 30 heavy (non-hydrogen) atoms. The molecule has 2 N–H and O–H groups in total. The summed E-state index contributed by atoms with van der Waals surface area (Å²) in [5.74, 6) is 0.723. The average molecular weight is 436 g/mol. The summed E-state index contributed by atoms with van der Waals surface area (Å²) in [6, 6.07) is 13.2. The highest BCUT2D eigenvalue weighted by molar-refractivity contribution is 6.31. The van der Waals surface area contributed by atoms with Crippen LogP contribution >= 0.6 is 11.6 Å². The van der Waals surface area contributed by atoms with Crippen molar-refractivity contribution in [3.63, 3.8) is 0 Å². The highest BCUT2D eigenvalue weighted by Gasteiger charge is 2.33. The molecule has 0 aliphatic rings. The third kappa shape index (κ3) is 5.01. The van der Waals surface area contributed by atoms with E-state index in [2.05, 4.69) is 15.6 Å². The summed E-state index contributed by atoms with van der Waals surface area (Å²) < 4.78 is 44.0. The van der Waals surface area contributed by atoms with Gasteiger partial charge in [0.25, 0.3) is 0 Å². The lowest BCUT2D eigenvalue weighted by Gasteiger charge is -2.13. The van der Waals surface area contributed by atoms with Crippen molar-refractivity contribution in [3.8, 4) is 17.0 Å². The SMILES string of the molecule is COc1ccc(-c2ccc(NC(=O)Nc3ccc(Cl)c(C(F)(F)F)c3)c(C)n2)cc1. The Kier molecular flexibility index (Phi) is 6.17. The van der Waals surface area contributed by atoms with Crippen LogP contribution in [0.2, 0.25) is 5.02 Å². The van der Waals surface area contributed by atoms with Crippen LogP contribution in [0, 0.1) is 6.92 Å². The molecule has 9 heteroatoms. The van der Waals surface area contributed by atoms with Crippen LogP contribution in [0.1, 0.15) is 11.3 Å². The van der Waals surface area contributed by atoms with Crippen molar-refractivity contribution in [2.75, 3.05) is 17.7 Å². The van der Waals surface area contributed by atoms with Crippen molar-refractivity contribution < 1.29 is 22.7 Å². The third-order valence-electron chi connectivity index (χ3n) is 4.25. The molecule has 156 valence electrons. The van der Waals surface area contributed by atoms with E-state index in [1.54, 1.807) is 26.2 Å². The average Bonchev–Trinajstić information content (AvgIpc) is 2.70. The van der Waals surface area contributed by atoms with Gasteiger partial charge in [-0.1, -0.05) is 11.6 Å². The van der Waals surface area contributed by atoms with Gasteiger partial charge in [-0.25, -0.2) is 4.79 Å². The number of ether oxygens (including phenoxy) is 1. The second-order valence-electron chi connectivity index (χ2n) is 6.33. The maximum Gasteiger partial charge on any atom is 0.417 e. The minimum atomic E-state index is -4.62. The van der Waals surface area contributed by atoms with Gasteiger partial charge in [0.1, 0.15) is 5.75 Å². The summed E-state index contributed by atoms with van der Waals surface area (Å²) in [6.07, 6.45) is -4.62. The van der Waals surface area contributed by atoms with Crippen LogP contribution in [-0.2, 0) is 6.18 Å². The molecule has 0 fully saturated rings. The number of nitrogens with zero attached hydrogens (tertiary/aromatic N) is 1. The van der Waals surface area contributed by atoms with Crippen LogP contribution in [0.3, 0.4) is 0 Å². The normalized spacial score (nSPS) is 11.1. The minimum absolute atomic E-state index is 0.0373. The summed E-state index contributed by atoms with van der Waals surface area (Å²) in [7, 11) is 1.58. The van der Waals surface area contributed by atoms with Gasteiger partial charge in [0, 0.05) is 11.3 Å². The van der Waals surface area contributed by atoms with Crippen LogP contribution in [0.5, 0.6) is 5.75 Å². The number of anilines is 2. The van der Waals surface area contributed by atoms with Gasteiger partial charge in [0.05, 0.1) is 34.8 Å². The van der Waals surface area contributed by atoms with Gasteiger partial charge in [-0.05, 0) is 61.5 Å². The van der Waals surface area contributed by atoms with E-state index in [1.807, 2.05) is 24.3 Å². The van der Waals surface area contributed by atoms with Crippen molar-refractivity contribution in [1.29, 1.82) is 0 Å². The van der Waals surface area contributed by atoms with Gasteiger partial charge in [0.2, 0.25) is 0 Å². The smallest absolute Gasteiger partial charge is 0.417 e. The van der Waals surface area contributed by atoms with E-state index in [0.717, 1.165) is 23.4 Å². The van der Waals surface area contributed by atoms with Crippen LogP contribution in [0.4, 0.5) is 29.3 Å². The Bertz CT molecular complexity index is 1070. The molecule has 1 aromatic heterocycles. The van der Waals surface area contributed by atoms with E-state index in [1.165, 1.54) is 6.07 Å². The van der Waals surface area contributed by atoms with Gasteiger partial charge in [0.15, 0.2) is 0 Å². The van der Waals surface area contributed by atoms with Crippen LogP contribution in [0.25, 0.3) is 11.3 Å². The molecule has 1 heterocycles. The number of aromatic nitrogens is 1. The Balaban J connectivity index is 1.72. The number of urea groups is 1. The van der Waals surface area contributed by atoms with Crippen molar-refractivity contribution in [2.24, 2.45) is 0 Å². The number of carbonyl (C=O) groups excluding carboxylic acids is 1. The zero-order chi connectivity index (χ0) is 21.9. The molecule has 0 aliphatic heterocycles. The summed E-state index contributed by atoms with van der Waals surface area (Å²) >= 11 is 5.59. The number of carbonyl (C=O) groups is 1. The minimum Gasteiger partial charge on any atom is -0.497 e. The number of methoxy groups -OCH3 is 1. The van der Waals surface area contributed by atoms with E-state index >= 15 is 0 Å². The molecule has 2 amide bonds. The zero-order valence-electron chi connectivity index (χ0n) is 16.0. The van der Waals surface area contributed by atoms with E-state index in [-0.39, 0.29) is 5.69 Å². The Morgan fingerprint density at radius 3 is 2.33 bits per heavy atom. The molecule has 0 atom stereocenters. The van der Waals surface area contributed by atoms with Crippen molar-refractivity contribution in [3.05, 3.63) is 70.9 Å². The number of rotatable bonds is 4. The second kappa shape index (κ2) is 8.62. The first-order valence-electron chi connectivity index (χ1n) is 8.74. The number of aryl methyl sites for hydroxylation is 1. The van der Waals surface area contributed by atoms with E-state index in [9.17, 15) is 18.0 Å². The first-order chi connectivity index (χ1) is 14.2. The first kappa shape index (κ1) is 21.4. The Morgan fingerprint density at radius 2 is 1.73 bits per heavy atom. The molecule has 3 rings (SSSR count). The molecule has 0 unspecified atom stereocenters. The monoisotopic (exact) mass is 435 g/mol. The topological polar surface area (TPSA) is 63.2 Å². The lowest BCUT2D eigenvalue weighted by molar-refractivity contribution is -0.137. The lowest BCUT2D eigenvalue weighted by atomic mass is 10.1. The first-order valence-corrected chi connectivity index (χ1v) is 9.12. The lowest BCUT2D eigenvalue weighted by Crippen LogP contribution is -2.20. The Hall–Kier alpha value is -3.26. The number of hydrogen-bond donors (Lipinski definition) is 2. The molecule has 0 bridgehead atoms. The fourth-order valence-electron chi connectivity index (χ4n) is 2.72. The third-order valence-corrected chi connectivity index (χ3v) is 4.58. The van der Waals surface area contributed by atoms with Gasteiger partial charge in [-0.3, -0.25) is 4.98 Å². The van der Waals surface area contributed by atoms with Crippen LogP contribution in [-0.4, -0.2) is 18.1 Å². The number of hydrogen-bond acceptors (Lipinski definition) is 3. The standard InChI is InChI=1S/C21H17ClF3N3O2/c1-12-18(9-10-19(26-12)13-3-6-15(30-2)7-4-13)28-20(29)27-14-5-8-17(22)16(11-14)21(23,24)25/h3-11H,1-2H3,(H2,27,28,29). The van der Waals surface area contributed by atoms with Gasteiger partial charge >= 0.3 is 12.2 Å². The molecule has 0 saturated carbocycles. The van der Waals surface area contributed by atoms with Crippen LogP contribution in [0.15, 0.2) is 54.6 Å². The zero-order valence-corrected chi connectivity index (χ0v) is 16.7. The number of pyridine rings is 1. The van der Waals surface area contributed by atoms with Crippen LogP contribution < -0.4 is 15.4 Å². The number of halogens is 4. The van der Waals surface area contributed by atoms with Crippen molar-refractivity contribution >= 4 is 29.0 Å². The van der Waals surface area contributed by atoms with E-state index in [0.29, 0.717) is 17.1 Å². The quantitative estimate of drug-likeness (QED) is 0.499. The number of benzene rings is 2. The predicted molar refractivity (Wildman–Crippen MR) is 110 cm³/mol. The maximum absolute atomic E-state index is 13.0. The summed E-state index contributed by atoms with van der Waals surface area (Å²) in [5.41, 5.74) is 1.48. The van der Waals surface area contributed by atoms with Crippen molar-refractivity contribution in [2.45, 2.75) is 13.1 Å². The predicted octanol–water partition coefficient (Wildman–Crippen LogP) is 6.38. The van der Waals surface area contributed by atoms with Gasteiger partial charge in [-0.15, -0.1) is 0 Å². The number of amides is 2. The van der Waals surface area contributed by atoms with Gasteiger partial charge in [-0.2, -0.15) is 13.2 Å². The summed E-state index contributed by atoms with van der Waals surface area (Å²) in [4.78, 5) is 16.7. The molecule has 0 saturated heterocycles. The molecule has 0 radical (unpaired) electrons. The molecule has 0 spiro atoms. The second-order valence-corrected chi connectivity index (χ2v) is 6.74. The van der Waals surface area contributed by atoms with Gasteiger partial charge < -0.3 is 15.4 Å². The molecule has 2 aromatic carbocycles. The fourth-order valence-corrected chi connectivity index (χ4v) is 2.95. The highest BCUT2D eigenvalue weighted by atomic mass is 35.5. The Morgan fingerprint density at radius 1 is 1.03 bits per heavy atom. The molecule has 0 aliphatic carbocycles. The maximum atomic E-state index is 13.0. The summed E-state index contributed by atoms with van der Waals surface area (Å²) in [6.45, 7) is 1.71.